The molecule has 0 atom stereocenters. The number of guanidine groups is 1. The summed E-state index contributed by atoms with van der Waals surface area (Å²) < 4.78 is 41.4. The molecule has 1 aliphatic heterocycles. The summed E-state index contributed by atoms with van der Waals surface area (Å²) in [6.07, 6.45) is -1.11. The van der Waals surface area contributed by atoms with Gasteiger partial charge in [-0.3, -0.25) is 9.69 Å². The van der Waals surface area contributed by atoms with Crippen LogP contribution >= 0.6 is 0 Å². The lowest BCUT2D eigenvalue weighted by molar-refractivity contribution is -0.138. The van der Waals surface area contributed by atoms with Crippen LogP contribution in [0.25, 0.3) is 17.1 Å². The number of aromatic nitrogens is 2. The van der Waals surface area contributed by atoms with Crippen LogP contribution < -0.4 is 5.32 Å². The second-order valence-corrected chi connectivity index (χ2v) is 6.94. The largest absolute Gasteiger partial charge is 0.416 e. The maximum atomic E-state index is 13.2. The minimum Gasteiger partial charge on any atom is -0.351 e. The van der Waals surface area contributed by atoms with E-state index in [9.17, 15) is 18.0 Å². The molecule has 2 heterocycles. The fourth-order valence-corrected chi connectivity index (χ4v) is 3.27. The molecule has 0 unspecified atom stereocenters. The van der Waals surface area contributed by atoms with Crippen molar-refractivity contribution >= 4 is 29.0 Å². The Labute approximate surface area is 170 Å². The highest BCUT2D eigenvalue weighted by Crippen LogP contribution is 2.31. The van der Waals surface area contributed by atoms with E-state index in [2.05, 4.69) is 15.3 Å². The van der Waals surface area contributed by atoms with Crippen molar-refractivity contribution in [2.75, 3.05) is 7.05 Å². The Morgan fingerprint density at radius 1 is 1.13 bits per heavy atom. The number of aryl methyl sites for hydroxylation is 1. The maximum absolute atomic E-state index is 13.2. The van der Waals surface area contributed by atoms with Gasteiger partial charge in [0.05, 0.1) is 22.9 Å². The van der Waals surface area contributed by atoms with Crippen LogP contribution in [0.5, 0.6) is 0 Å². The third-order valence-corrected chi connectivity index (χ3v) is 4.88. The number of benzene rings is 2. The average Bonchev–Trinajstić information content (AvgIpc) is 3.21. The van der Waals surface area contributed by atoms with Crippen LogP contribution in [0, 0.1) is 0 Å². The summed E-state index contributed by atoms with van der Waals surface area (Å²) >= 11 is 0. The molecule has 154 valence electrons. The SMILES string of the molecule is CN1C(=O)/C(=C/c2ccc3ncn(C)c3c2)N=C1NCc1ccccc1C(F)(F)F. The Morgan fingerprint density at radius 3 is 2.67 bits per heavy atom. The molecule has 0 bridgehead atoms. The van der Waals surface area contributed by atoms with E-state index < -0.39 is 11.7 Å². The number of hydrogen-bond donors (Lipinski definition) is 1. The lowest BCUT2D eigenvalue weighted by atomic mass is 10.1. The first-order chi connectivity index (χ1) is 14.2. The zero-order chi connectivity index (χ0) is 21.5. The highest BCUT2D eigenvalue weighted by molar-refractivity contribution is 6.13. The van der Waals surface area contributed by atoms with Gasteiger partial charge in [0, 0.05) is 20.6 Å². The molecule has 4 rings (SSSR count). The van der Waals surface area contributed by atoms with Crippen molar-refractivity contribution in [2.45, 2.75) is 12.7 Å². The van der Waals surface area contributed by atoms with Gasteiger partial charge in [-0.1, -0.05) is 24.3 Å². The molecule has 2 aromatic carbocycles. The van der Waals surface area contributed by atoms with Crippen molar-refractivity contribution in [3.05, 3.63) is 71.2 Å². The zero-order valence-electron chi connectivity index (χ0n) is 16.2. The zero-order valence-corrected chi connectivity index (χ0v) is 16.2. The van der Waals surface area contributed by atoms with Crippen molar-refractivity contribution < 1.29 is 18.0 Å². The van der Waals surface area contributed by atoms with E-state index in [1.54, 1.807) is 12.4 Å². The van der Waals surface area contributed by atoms with Gasteiger partial charge in [0.2, 0.25) is 5.96 Å². The van der Waals surface area contributed by atoms with E-state index in [0.717, 1.165) is 22.7 Å². The van der Waals surface area contributed by atoms with Crippen molar-refractivity contribution in [2.24, 2.45) is 12.0 Å². The van der Waals surface area contributed by atoms with Crippen LogP contribution in [0.3, 0.4) is 0 Å². The highest BCUT2D eigenvalue weighted by atomic mass is 19.4. The lowest BCUT2D eigenvalue weighted by Crippen LogP contribution is -2.37. The molecule has 0 saturated carbocycles. The Bertz CT molecular complexity index is 1190. The van der Waals surface area contributed by atoms with E-state index >= 15 is 0 Å². The number of halogens is 3. The first kappa shape index (κ1) is 19.7. The van der Waals surface area contributed by atoms with Gasteiger partial charge < -0.3 is 9.88 Å². The van der Waals surface area contributed by atoms with Crippen LogP contribution in [-0.2, 0) is 24.6 Å². The quantitative estimate of drug-likeness (QED) is 0.668. The molecule has 0 radical (unpaired) electrons. The number of carbonyl (C=O) groups excluding carboxylic acids is 1. The number of carbonyl (C=O) groups is 1. The second-order valence-electron chi connectivity index (χ2n) is 6.94. The molecular weight excluding hydrogens is 395 g/mol. The molecule has 1 amide bonds. The van der Waals surface area contributed by atoms with Crippen LogP contribution in [0.15, 0.2) is 59.5 Å². The van der Waals surface area contributed by atoms with Crippen molar-refractivity contribution in [1.29, 1.82) is 0 Å². The number of likely N-dealkylation sites (N-methyl/N-ethyl adjacent to an activating group) is 1. The summed E-state index contributed by atoms with van der Waals surface area (Å²) in [5, 5.41) is 2.84. The van der Waals surface area contributed by atoms with Gasteiger partial charge in [0.25, 0.3) is 5.91 Å². The molecule has 6 nitrogen and oxygen atoms in total. The number of aliphatic imine (C=N–C) groups is 1. The first-order valence-corrected chi connectivity index (χ1v) is 9.12. The van der Waals surface area contributed by atoms with Crippen LogP contribution in [0.2, 0.25) is 0 Å². The van der Waals surface area contributed by atoms with Gasteiger partial charge in [-0.05, 0) is 35.4 Å². The van der Waals surface area contributed by atoms with Gasteiger partial charge in [-0.15, -0.1) is 0 Å². The summed E-state index contributed by atoms with van der Waals surface area (Å²) in [4.78, 5) is 22.4. The normalized spacial score (nSPS) is 15.9. The average molecular weight is 413 g/mol. The maximum Gasteiger partial charge on any atom is 0.416 e. The van der Waals surface area contributed by atoms with Crippen LogP contribution in [-0.4, -0.2) is 33.4 Å². The molecule has 1 aliphatic rings. The molecule has 1 aromatic heterocycles. The lowest BCUT2D eigenvalue weighted by Gasteiger charge is -2.16. The second kappa shape index (κ2) is 7.33. The molecule has 0 aliphatic carbocycles. The summed E-state index contributed by atoms with van der Waals surface area (Å²) in [6.45, 7) is -0.111. The van der Waals surface area contributed by atoms with Crippen LogP contribution in [0.1, 0.15) is 16.7 Å². The standard InChI is InChI=1S/C21H18F3N5O/c1-28-12-26-16-8-7-13(10-18(16)28)9-17-19(30)29(2)20(27-17)25-11-14-5-3-4-6-15(14)21(22,23)24/h3-10,12H,11H2,1-2H3,(H,25,27)/b17-9-. The number of imidazole rings is 1. The molecule has 3 aromatic rings. The van der Waals surface area contributed by atoms with Crippen molar-refractivity contribution in [1.82, 2.24) is 19.8 Å². The number of alkyl halides is 3. The Hall–Kier alpha value is -3.62. The number of hydrogen-bond acceptors (Lipinski definition) is 4. The van der Waals surface area contributed by atoms with Gasteiger partial charge >= 0.3 is 6.18 Å². The third-order valence-electron chi connectivity index (χ3n) is 4.88. The Balaban J connectivity index is 1.58. The number of amides is 1. The van der Waals surface area contributed by atoms with Gasteiger partial charge in [-0.2, -0.15) is 13.2 Å². The fourth-order valence-electron chi connectivity index (χ4n) is 3.27. The summed E-state index contributed by atoms with van der Waals surface area (Å²) in [5.41, 5.74) is 2.08. The van der Waals surface area contributed by atoms with Gasteiger partial charge in [-0.25, -0.2) is 9.98 Å². The smallest absolute Gasteiger partial charge is 0.351 e. The Morgan fingerprint density at radius 2 is 1.90 bits per heavy atom. The molecule has 9 heteroatoms. The summed E-state index contributed by atoms with van der Waals surface area (Å²) in [5.74, 6) is -0.142. The summed E-state index contributed by atoms with van der Waals surface area (Å²) in [6, 6.07) is 10.9. The van der Waals surface area contributed by atoms with Gasteiger partial charge in [0.15, 0.2) is 0 Å². The molecule has 0 spiro atoms. The van der Waals surface area contributed by atoms with E-state index in [1.807, 2.05) is 29.8 Å². The fraction of sp³-hybridized carbons (Fsp3) is 0.190. The number of fused-ring (bicyclic) bond motifs is 1. The summed E-state index contributed by atoms with van der Waals surface area (Å²) in [7, 11) is 3.40. The number of nitrogens with one attached hydrogen (secondary N) is 1. The Kier molecular flexibility index (Phi) is 4.81. The molecule has 0 saturated heterocycles. The first-order valence-electron chi connectivity index (χ1n) is 9.12. The molecular formula is C21H18F3N5O. The van der Waals surface area contributed by atoms with E-state index in [0.29, 0.717) is 0 Å². The number of rotatable bonds is 3. The minimum atomic E-state index is -4.45. The monoisotopic (exact) mass is 413 g/mol. The highest BCUT2D eigenvalue weighted by Gasteiger charge is 2.33. The van der Waals surface area contributed by atoms with E-state index in [1.165, 1.54) is 30.1 Å². The predicted octanol–water partition coefficient (Wildman–Crippen LogP) is 3.55. The topological polar surface area (TPSA) is 62.5 Å². The molecule has 1 N–H and O–H groups in total. The van der Waals surface area contributed by atoms with E-state index in [-0.39, 0.29) is 29.7 Å². The van der Waals surface area contributed by atoms with Crippen molar-refractivity contribution in [3.63, 3.8) is 0 Å². The van der Waals surface area contributed by atoms with E-state index in [4.69, 9.17) is 0 Å². The van der Waals surface area contributed by atoms with Crippen LogP contribution in [0.4, 0.5) is 13.2 Å². The predicted molar refractivity (Wildman–Crippen MR) is 107 cm³/mol. The van der Waals surface area contributed by atoms with Crippen molar-refractivity contribution in [3.8, 4) is 0 Å². The van der Waals surface area contributed by atoms with Gasteiger partial charge in [0.1, 0.15) is 5.70 Å². The molecule has 30 heavy (non-hydrogen) atoms. The third kappa shape index (κ3) is 3.66. The molecule has 0 fully saturated rings. The minimum absolute atomic E-state index is 0.0765. The number of nitrogens with zero attached hydrogens (tertiary/aromatic N) is 4.